The number of β-amino-alcohol motifs (C(OH)–C–C–N with tert-alkyl or cyclic N) is 1. The van der Waals surface area contributed by atoms with Crippen LogP contribution in [0.15, 0.2) is 59.1 Å². The number of hydrogen-bond acceptors (Lipinski definition) is 6. The summed E-state index contributed by atoms with van der Waals surface area (Å²) in [6.45, 7) is 1.94. The highest BCUT2D eigenvalue weighted by Crippen LogP contribution is 2.25. The lowest BCUT2D eigenvalue weighted by Crippen LogP contribution is -2.56. The van der Waals surface area contributed by atoms with E-state index in [0.29, 0.717) is 39.0 Å². The molecule has 0 saturated carbocycles. The SMILES string of the molecule is CN(CCc1ccccc1)C(=O)[C@@H]1CN(CCO)CC[C@H]1NC(=O)c1cc(-c2ccc(F)cc2F)on1. The molecule has 10 heteroatoms. The second-order valence-corrected chi connectivity index (χ2v) is 9.20. The average Bonchev–Trinajstić information content (AvgIpc) is 3.38. The Bertz CT molecular complexity index is 1220. The number of likely N-dealkylation sites (tertiary alicyclic amines) is 1. The number of rotatable bonds is 9. The van der Waals surface area contributed by atoms with E-state index in [1.807, 2.05) is 35.2 Å². The molecule has 0 spiro atoms. The Balaban J connectivity index is 1.45. The Morgan fingerprint density at radius 3 is 2.70 bits per heavy atom. The van der Waals surface area contributed by atoms with E-state index in [4.69, 9.17) is 4.52 Å². The van der Waals surface area contributed by atoms with Gasteiger partial charge in [0.15, 0.2) is 11.5 Å². The number of carbonyl (C=O) groups is 2. The normalized spacial score (nSPS) is 17.9. The maximum absolute atomic E-state index is 14.1. The standard InChI is InChI=1S/C27H30F2N4O4/c1-32(11-9-18-5-3-2-4-6-18)27(36)21-17-33(13-14-34)12-10-23(21)30-26(35)24-16-25(37-31-24)20-8-7-19(28)15-22(20)29/h2-8,15-16,21,23,34H,9-14,17H2,1H3,(H,30,35)/t21-,23-/m1/s1. The van der Waals surface area contributed by atoms with E-state index in [9.17, 15) is 23.5 Å². The summed E-state index contributed by atoms with van der Waals surface area (Å²) in [5, 5.41) is 16.0. The number of benzene rings is 2. The summed E-state index contributed by atoms with van der Waals surface area (Å²) in [6.07, 6.45) is 1.21. The van der Waals surface area contributed by atoms with Crippen LogP contribution in [0.25, 0.3) is 11.3 Å². The average molecular weight is 513 g/mol. The van der Waals surface area contributed by atoms with E-state index in [0.717, 1.165) is 17.7 Å². The zero-order valence-corrected chi connectivity index (χ0v) is 20.6. The molecule has 3 aromatic rings. The molecule has 1 fully saturated rings. The van der Waals surface area contributed by atoms with Crippen molar-refractivity contribution in [3.63, 3.8) is 0 Å². The van der Waals surface area contributed by atoms with Gasteiger partial charge in [0.05, 0.1) is 18.1 Å². The van der Waals surface area contributed by atoms with Crippen molar-refractivity contribution >= 4 is 11.8 Å². The van der Waals surface area contributed by atoms with Crippen molar-refractivity contribution in [1.82, 2.24) is 20.3 Å². The molecule has 8 nitrogen and oxygen atoms in total. The highest BCUT2D eigenvalue weighted by atomic mass is 19.1. The van der Waals surface area contributed by atoms with E-state index in [1.54, 1.807) is 11.9 Å². The van der Waals surface area contributed by atoms with Crippen LogP contribution in [0.1, 0.15) is 22.5 Å². The van der Waals surface area contributed by atoms with Crippen molar-refractivity contribution in [2.45, 2.75) is 18.9 Å². The summed E-state index contributed by atoms with van der Waals surface area (Å²) < 4.78 is 32.5. The summed E-state index contributed by atoms with van der Waals surface area (Å²) in [5.74, 6) is -2.74. The first-order valence-corrected chi connectivity index (χ1v) is 12.2. The second kappa shape index (κ2) is 12.1. The van der Waals surface area contributed by atoms with Gasteiger partial charge in [-0.1, -0.05) is 35.5 Å². The molecule has 1 aliphatic heterocycles. The van der Waals surface area contributed by atoms with Crippen molar-refractivity contribution in [1.29, 1.82) is 0 Å². The van der Waals surface area contributed by atoms with Crippen LogP contribution >= 0.6 is 0 Å². The highest BCUT2D eigenvalue weighted by Gasteiger charge is 2.37. The largest absolute Gasteiger partial charge is 0.395 e. The van der Waals surface area contributed by atoms with Gasteiger partial charge in [0.1, 0.15) is 11.6 Å². The molecule has 1 saturated heterocycles. The van der Waals surface area contributed by atoms with Gasteiger partial charge in [0.2, 0.25) is 5.91 Å². The molecule has 0 radical (unpaired) electrons. The molecule has 1 aromatic heterocycles. The van der Waals surface area contributed by atoms with Crippen molar-refractivity contribution in [3.05, 3.63) is 77.5 Å². The quantitative estimate of drug-likeness (QED) is 0.458. The first-order chi connectivity index (χ1) is 17.9. The van der Waals surface area contributed by atoms with Crippen molar-refractivity contribution in [3.8, 4) is 11.3 Å². The fourth-order valence-electron chi connectivity index (χ4n) is 4.56. The van der Waals surface area contributed by atoms with Crippen LogP contribution in [0.3, 0.4) is 0 Å². The number of aliphatic hydroxyl groups excluding tert-OH is 1. The van der Waals surface area contributed by atoms with Gasteiger partial charge < -0.3 is 24.7 Å². The third-order valence-electron chi connectivity index (χ3n) is 6.64. The molecule has 2 amide bonds. The van der Waals surface area contributed by atoms with Crippen LogP contribution in [0.2, 0.25) is 0 Å². The van der Waals surface area contributed by atoms with Crippen molar-refractivity contribution in [2.75, 3.05) is 39.8 Å². The fourth-order valence-corrected chi connectivity index (χ4v) is 4.56. The smallest absolute Gasteiger partial charge is 0.273 e. The number of nitrogens with zero attached hydrogens (tertiary/aromatic N) is 3. The Morgan fingerprint density at radius 1 is 1.19 bits per heavy atom. The first kappa shape index (κ1) is 26.4. The monoisotopic (exact) mass is 512 g/mol. The van der Waals surface area contributed by atoms with Crippen LogP contribution < -0.4 is 5.32 Å². The van der Waals surface area contributed by atoms with E-state index in [1.165, 1.54) is 12.1 Å². The molecule has 196 valence electrons. The number of halogens is 2. The number of nitrogens with one attached hydrogen (secondary N) is 1. The van der Waals surface area contributed by atoms with Crippen LogP contribution in [-0.2, 0) is 11.2 Å². The van der Waals surface area contributed by atoms with Crippen LogP contribution in [-0.4, -0.2) is 77.8 Å². The molecule has 37 heavy (non-hydrogen) atoms. The minimum absolute atomic E-state index is 0.00585. The molecular formula is C27H30F2N4O4. The third-order valence-corrected chi connectivity index (χ3v) is 6.64. The first-order valence-electron chi connectivity index (χ1n) is 12.2. The van der Waals surface area contributed by atoms with Gasteiger partial charge in [0, 0.05) is 51.4 Å². The van der Waals surface area contributed by atoms with E-state index in [-0.39, 0.29) is 29.5 Å². The lowest BCUT2D eigenvalue weighted by Gasteiger charge is -2.39. The van der Waals surface area contributed by atoms with Gasteiger partial charge in [-0.2, -0.15) is 0 Å². The minimum atomic E-state index is -0.830. The molecule has 0 unspecified atom stereocenters. The Hall–Kier alpha value is -3.63. The zero-order chi connectivity index (χ0) is 26.4. The zero-order valence-electron chi connectivity index (χ0n) is 20.6. The maximum Gasteiger partial charge on any atom is 0.273 e. The van der Waals surface area contributed by atoms with Gasteiger partial charge in [-0.05, 0) is 30.5 Å². The molecule has 0 bridgehead atoms. The number of aliphatic hydroxyl groups is 1. The van der Waals surface area contributed by atoms with Crippen LogP contribution in [0.4, 0.5) is 8.78 Å². The molecule has 4 rings (SSSR count). The number of carbonyl (C=O) groups excluding carboxylic acids is 2. The van der Waals surface area contributed by atoms with E-state index >= 15 is 0 Å². The summed E-state index contributed by atoms with van der Waals surface area (Å²) in [7, 11) is 1.75. The van der Waals surface area contributed by atoms with Gasteiger partial charge in [0.25, 0.3) is 5.91 Å². The molecule has 1 aliphatic rings. The predicted octanol–water partition coefficient (Wildman–Crippen LogP) is 2.73. The molecule has 0 aliphatic carbocycles. The molecule has 2 atom stereocenters. The molecule has 2 aromatic carbocycles. The number of amides is 2. The number of likely N-dealkylation sites (N-methyl/N-ethyl adjacent to an activating group) is 1. The van der Waals surface area contributed by atoms with Gasteiger partial charge >= 0.3 is 0 Å². The summed E-state index contributed by atoms with van der Waals surface area (Å²) in [5.41, 5.74) is 1.04. The van der Waals surface area contributed by atoms with Crippen molar-refractivity contribution in [2.24, 2.45) is 5.92 Å². The Kier molecular flexibility index (Phi) is 8.62. The second-order valence-electron chi connectivity index (χ2n) is 9.20. The maximum atomic E-state index is 14.1. The summed E-state index contributed by atoms with van der Waals surface area (Å²) in [6, 6.07) is 13.7. The third kappa shape index (κ3) is 6.58. The predicted molar refractivity (Wildman–Crippen MR) is 133 cm³/mol. The summed E-state index contributed by atoms with van der Waals surface area (Å²) >= 11 is 0. The van der Waals surface area contributed by atoms with Gasteiger partial charge in [-0.3, -0.25) is 9.59 Å². The lowest BCUT2D eigenvalue weighted by atomic mass is 9.90. The number of hydrogen-bond donors (Lipinski definition) is 2. The van der Waals surface area contributed by atoms with Crippen LogP contribution in [0.5, 0.6) is 0 Å². The lowest BCUT2D eigenvalue weighted by molar-refractivity contribution is -0.137. The molecule has 2 heterocycles. The molecular weight excluding hydrogens is 482 g/mol. The van der Waals surface area contributed by atoms with E-state index in [2.05, 4.69) is 10.5 Å². The molecule has 2 N–H and O–H groups in total. The fraction of sp³-hybridized carbons (Fsp3) is 0.370. The van der Waals surface area contributed by atoms with Gasteiger partial charge in [-0.25, -0.2) is 8.78 Å². The van der Waals surface area contributed by atoms with E-state index < -0.39 is 29.5 Å². The Morgan fingerprint density at radius 2 is 1.97 bits per heavy atom. The highest BCUT2D eigenvalue weighted by molar-refractivity contribution is 5.94. The topological polar surface area (TPSA) is 98.9 Å². The Labute approximate surface area is 213 Å². The summed E-state index contributed by atoms with van der Waals surface area (Å²) in [4.78, 5) is 30.1. The number of aromatic nitrogens is 1. The van der Waals surface area contributed by atoms with Crippen molar-refractivity contribution < 1.29 is 28.0 Å². The van der Waals surface area contributed by atoms with Crippen LogP contribution in [0, 0.1) is 17.6 Å². The minimum Gasteiger partial charge on any atom is -0.395 e. The number of piperidine rings is 1. The van der Waals surface area contributed by atoms with Gasteiger partial charge in [-0.15, -0.1) is 0 Å².